The molecule has 1 rings (SSSR count). The highest BCUT2D eigenvalue weighted by Gasteiger charge is 2.15. The standard InChI is InChI=1S/C15H24F2N2OS/c1-10(19-21-15(2,3)4)11-5-6-12(8-18)13(7-11)20-9-14(16)17/h5-7,10,14,19H,8-9,18H2,1-4H3. The molecule has 21 heavy (non-hydrogen) atoms. The van der Waals surface area contributed by atoms with Crippen LogP contribution in [-0.2, 0) is 6.54 Å². The largest absolute Gasteiger partial charge is 0.487 e. The van der Waals surface area contributed by atoms with E-state index in [2.05, 4.69) is 25.5 Å². The topological polar surface area (TPSA) is 47.3 Å². The van der Waals surface area contributed by atoms with E-state index in [0.717, 1.165) is 11.1 Å². The number of nitrogens with one attached hydrogen (secondary N) is 1. The van der Waals surface area contributed by atoms with Gasteiger partial charge in [-0.15, -0.1) is 0 Å². The number of benzene rings is 1. The normalized spacial score (nSPS) is 13.5. The summed E-state index contributed by atoms with van der Waals surface area (Å²) in [5.41, 5.74) is 7.32. The molecule has 0 aliphatic rings. The van der Waals surface area contributed by atoms with Crippen molar-refractivity contribution in [2.75, 3.05) is 6.61 Å². The van der Waals surface area contributed by atoms with E-state index in [1.807, 2.05) is 19.1 Å². The maximum absolute atomic E-state index is 12.3. The van der Waals surface area contributed by atoms with Crippen LogP contribution in [-0.4, -0.2) is 17.8 Å². The SMILES string of the molecule is CC(NSC(C)(C)C)c1ccc(CN)c(OCC(F)F)c1. The third-order valence-corrected chi connectivity index (χ3v) is 3.80. The molecule has 0 aliphatic carbocycles. The predicted molar refractivity (Wildman–Crippen MR) is 84.7 cm³/mol. The number of hydrogen-bond acceptors (Lipinski definition) is 4. The zero-order valence-electron chi connectivity index (χ0n) is 13.0. The van der Waals surface area contributed by atoms with Crippen molar-refractivity contribution >= 4 is 11.9 Å². The fourth-order valence-corrected chi connectivity index (χ4v) is 2.30. The van der Waals surface area contributed by atoms with Crippen LogP contribution >= 0.6 is 11.9 Å². The molecule has 3 nitrogen and oxygen atoms in total. The minimum Gasteiger partial charge on any atom is -0.487 e. The average molecular weight is 318 g/mol. The molecule has 1 aromatic rings. The maximum Gasteiger partial charge on any atom is 0.272 e. The monoisotopic (exact) mass is 318 g/mol. The van der Waals surface area contributed by atoms with Crippen LogP contribution in [0.3, 0.4) is 0 Å². The van der Waals surface area contributed by atoms with E-state index in [1.165, 1.54) is 0 Å². The molecular weight excluding hydrogens is 294 g/mol. The van der Waals surface area contributed by atoms with Crippen molar-refractivity contribution < 1.29 is 13.5 Å². The molecule has 1 atom stereocenters. The second-order valence-electron chi connectivity index (χ2n) is 5.83. The van der Waals surface area contributed by atoms with Crippen LogP contribution in [0.4, 0.5) is 8.78 Å². The Morgan fingerprint density at radius 2 is 2.00 bits per heavy atom. The van der Waals surface area contributed by atoms with E-state index in [4.69, 9.17) is 10.5 Å². The van der Waals surface area contributed by atoms with Gasteiger partial charge in [-0.2, -0.15) is 0 Å². The van der Waals surface area contributed by atoms with E-state index >= 15 is 0 Å². The number of hydrogen-bond donors (Lipinski definition) is 2. The van der Waals surface area contributed by atoms with E-state index in [-0.39, 0.29) is 17.3 Å². The molecule has 0 aromatic heterocycles. The molecule has 120 valence electrons. The first-order valence-electron chi connectivity index (χ1n) is 6.90. The van der Waals surface area contributed by atoms with Gasteiger partial charge in [-0.1, -0.05) is 24.1 Å². The Kier molecular flexibility index (Phi) is 6.90. The van der Waals surface area contributed by atoms with E-state index in [1.54, 1.807) is 18.0 Å². The van der Waals surface area contributed by atoms with Crippen molar-refractivity contribution in [3.63, 3.8) is 0 Å². The zero-order chi connectivity index (χ0) is 16.0. The number of ether oxygens (including phenoxy) is 1. The Hall–Kier alpha value is -0.850. The van der Waals surface area contributed by atoms with E-state index in [0.29, 0.717) is 5.75 Å². The van der Waals surface area contributed by atoms with Gasteiger partial charge in [-0.3, -0.25) is 4.72 Å². The van der Waals surface area contributed by atoms with Crippen LogP contribution in [0.5, 0.6) is 5.75 Å². The third-order valence-electron chi connectivity index (χ3n) is 2.72. The Balaban J connectivity index is 2.80. The van der Waals surface area contributed by atoms with Gasteiger partial charge in [0.25, 0.3) is 6.43 Å². The van der Waals surface area contributed by atoms with Gasteiger partial charge in [0, 0.05) is 22.9 Å². The first kappa shape index (κ1) is 18.2. The van der Waals surface area contributed by atoms with Gasteiger partial charge in [0.1, 0.15) is 12.4 Å². The maximum atomic E-state index is 12.3. The Labute approximate surface area is 129 Å². The summed E-state index contributed by atoms with van der Waals surface area (Å²) in [6.45, 7) is 8.02. The van der Waals surface area contributed by atoms with Crippen LogP contribution in [0.2, 0.25) is 0 Å². The van der Waals surface area contributed by atoms with Gasteiger partial charge >= 0.3 is 0 Å². The molecule has 0 saturated heterocycles. The fourth-order valence-electron chi connectivity index (χ4n) is 1.63. The molecule has 0 aliphatic heterocycles. The zero-order valence-corrected chi connectivity index (χ0v) is 13.8. The molecule has 3 N–H and O–H groups in total. The van der Waals surface area contributed by atoms with Crippen molar-refractivity contribution in [3.05, 3.63) is 29.3 Å². The molecule has 0 spiro atoms. The van der Waals surface area contributed by atoms with Crippen molar-refractivity contribution in [3.8, 4) is 5.75 Å². The fraction of sp³-hybridized carbons (Fsp3) is 0.600. The molecule has 0 radical (unpaired) electrons. The average Bonchev–Trinajstić information content (AvgIpc) is 2.41. The molecule has 1 aromatic carbocycles. The molecule has 6 heteroatoms. The highest BCUT2D eigenvalue weighted by Crippen LogP contribution is 2.28. The van der Waals surface area contributed by atoms with Gasteiger partial charge in [-0.05, 0) is 39.3 Å². The van der Waals surface area contributed by atoms with Gasteiger partial charge in [-0.25, -0.2) is 8.78 Å². The molecule has 0 bridgehead atoms. The summed E-state index contributed by atoms with van der Waals surface area (Å²) in [6, 6.07) is 5.63. The summed E-state index contributed by atoms with van der Waals surface area (Å²) in [5, 5.41) is 0. The molecule has 0 fully saturated rings. The predicted octanol–water partition coefficient (Wildman–Crippen LogP) is 3.89. The van der Waals surface area contributed by atoms with Gasteiger partial charge < -0.3 is 10.5 Å². The second-order valence-corrected chi connectivity index (χ2v) is 7.49. The van der Waals surface area contributed by atoms with Crippen LogP contribution in [0.25, 0.3) is 0 Å². The summed E-state index contributed by atoms with van der Waals surface area (Å²) >= 11 is 1.64. The first-order chi connectivity index (χ1) is 9.73. The van der Waals surface area contributed by atoms with Crippen LogP contribution in [0.15, 0.2) is 18.2 Å². The minimum absolute atomic E-state index is 0.0787. The lowest BCUT2D eigenvalue weighted by molar-refractivity contribution is 0.0814. The Morgan fingerprint density at radius 3 is 2.52 bits per heavy atom. The Bertz CT molecular complexity index is 450. The summed E-state index contributed by atoms with van der Waals surface area (Å²) in [5.74, 6) is 0.435. The van der Waals surface area contributed by atoms with Crippen molar-refractivity contribution in [2.24, 2.45) is 5.73 Å². The second kappa shape index (κ2) is 7.96. The highest BCUT2D eigenvalue weighted by atomic mass is 32.2. The molecule has 0 heterocycles. The molecular formula is C15H24F2N2OS. The highest BCUT2D eigenvalue weighted by molar-refractivity contribution is 7.98. The van der Waals surface area contributed by atoms with Crippen molar-refractivity contribution in [1.82, 2.24) is 4.72 Å². The van der Waals surface area contributed by atoms with E-state index < -0.39 is 13.0 Å². The summed E-state index contributed by atoms with van der Waals surface area (Å²) in [7, 11) is 0. The molecule has 0 saturated carbocycles. The number of alkyl halides is 2. The van der Waals surface area contributed by atoms with E-state index in [9.17, 15) is 8.78 Å². The smallest absolute Gasteiger partial charge is 0.272 e. The van der Waals surface area contributed by atoms with Crippen molar-refractivity contribution in [2.45, 2.75) is 51.5 Å². The van der Waals surface area contributed by atoms with Crippen LogP contribution in [0, 0.1) is 0 Å². The quantitative estimate of drug-likeness (QED) is 0.749. The Morgan fingerprint density at radius 1 is 1.33 bits per heavy atom. The summed E-state index contributed by atoms with van der Waals surface area (Å²) in [6.07, 6.45) is -2.49. The molecule has 1 unspecified atom stereocenters. The summed E-state index contributed by atoms with van der Waals surface area (Å²) in [4.78, 5) is 0. The molecule has 0 amide bonds. The number of rotatable bonds is 7. The first-order valence-corrected chi connectivity index (χ1v) is 7.72. The lowest BCUT2D eigenvalue weighted by atomic mass is 10.1. The lowest BCUT2D eigenvalue weighted by Crippen LogP contribution is -2.20. The third kappa shape index (κ3) is 6.63. The lowest BCUT2D eigenvalue weighted by Gasteiger charge is -2.22. The minimum atomic E-state index is -2.49. The number of halogens is 2. The van der Waals surface area contributed by atoms with Gasteiger partial charge in [0.2, 0.25) is 0 Å². The van der Waals surface area contributed by atoms with Crippen molar-refractivity contribution in [1.29, 1.82) is 0 Å². The van der Waals surface area contributed by atoms with Gasteiger partial charge in [0.05, 0.1) is 0 Å². The van der Waals surface area contributed by atoms with Gasteiger partial charge in [0.15, 0.2) is 0 Å². The summed E-state index contributed by atoms with van der Waals surface area (Å²) < 4.78 is 33.2. The van der Waals surface area contributed by atoms with Crippen LogP contribution < -0.4 is 15.2 Å². The van der Waals surface area contributed by atoms with Crippen LogP contribution in [0.1, 0.15) is 44.9 Å². The number of nitrogens with two attached hydrogens (primary N) is 1.